The Labute approximate surface area is 61.5 Å². The summed E-state index contributed by atoms with van der Waals surface area (Å²) in [6.07, 6.45) is 1.05. The van der Waals surface area contributed by atoms with Crippen LogP contribution < -0.4 is 5.73 Å². The minimum absolute atomic E-state index is 0. The van der Waals surface area contributed by atoms with E-state index in [1.165, 1.54) is 0 Å². The molecular weight excluding hydrogens is 170 g/mol. The first-order chi connectivity index (χ1) is 2.56. The fraction of sp³-hybridized carbons (Fsp3) is 1.00. The highest BCUT2D eigenvalue weighted by atomic mass is 79.9. The first-order valence-corrected chi connectivity index (χ1v) is 2.35. The Balaban J connectivity index is -0.000000125. The van der Waals surface area contributed by atoms with E-state index >= 15 is 0 Å². The molecule has 0 aliphatic rings. The summed E-state index contributed by atoms with van der Waals surface area (Å²) in [5.74, 6) is 0. The summed E-state index contributed by atoms with van der Waals surface area (Å²) < 4.78 is 0. The quantitative estimate of drug-likeness (QED) is 0.649. The van der Waals surface area contributed by atoms with Crippen molar-refractivity contribution < 1.29 is 5.48 Å². The maximum absolute atomic E-state index is 5.53. The fourth-order valence-corrected chi connectivity index (χ4v) is 0. The predicted molar refractivity (Wildman–Crippen MR) is 42.5 cm³/mol. The zero-order valence-electron chi connectivity index (χ0n) is 5.69. The van der Waals surface area contributed by atoms with E-state index < -0.39 is 0 Å². The molecule has 3 heteroatoms. The Morgan fingerprint density at radius 2 is 1.50 bits per heavy atom. The number of halogens is 1. The molecular formula is C5H16BrNO. The van der Waals surface area contributed by atoms with Gasteiger partial charge < -0.3 is 11.2 Å². The molecule has 0 rings (SSSR count). The molecule has 0 unspecified atom stereocenters. The van der Waals surface area contributed by atoms with Gasteiger partial charge >= 0.3 is 0 Å². The number of rotatable bonds is 1. The van der Waals surface area contributed by atoms with E-state index in [0.29, 0.717) is 0 Å². The highest BCUT2D eigenvalue weighted by Crippen LogP contribution is 1.99. The van der Waals surface area contributed by atoms with Gasteiger partial charge in [-0.15, -0.1) is 17.0 Å². The van der Waals surface area contributed by atoms with Crippen LogP contribution in [0.1, 0.15) is 27.2 Å². The summed E-state index contributed by atoms with van der Waals surface area (Å²) in [6, 6.07) is 0. The van der Waals surface area contributed by atoms with E-state index in [2.05, 4.69) is 6.92 Å². The van der Waals surface area contributed by atoms with Crippen molar-refractivity contribution in [3.8, 4) is 0 Å². The monoisotopic (exact) mass is 185 g/mol. The minimum Gasteiger partial charge on any atom is -0.412 e. The summed E-state index contributed by atoms with van der Waals surface area (Å²) in [5.41, 5.74) is 5.58. The van der Waals surface area contributed by atoms with Crippen molar-refractivity contribution in [1.29, 1.82) is 0 Å². The Hall–Kier alpha value is 0.400. The SMILES string of the molecule is Br.CCC(C)(C)N.O. The van der Waals surface area contributed by atoms with Gasteiger partial charge in [-0.1, -0.05) is 6.92 Å². The zero-order chi connectivity index (χ0) is 5.21. The normalized spacial score (nSPS) is 9.00. The van der Waals surface area contributed by atoms with Crippen molar-refractivity contribution in [3.63, 3.8) is 0 Å². The molecule has 0 spiro atoms. The molecule has 0 fully saturated rings. The maximum atomic E-state index is 5.53. The molecule has 0 aromatic rings. The molecule has 0 aliphatic heterocycles. The predicted octanol–water partition coefficient (Wildman–Crippen LogP) is 0.887. The van der Waals surface area contributed by atoms with Gasteiger partial charge in [0, 0.05) is 5.54 Å². The zero-order valence-corrected chi connectivity index (χ0v) is 7.41. The average Bonchev–Trinajstić information content (AvgIpc) is 1.35. The Morgan fingerprint density at radius 3 is 1.50 bits per heavy atom. The van der Waals surface area contributed by atoms with Gasteiger partial charge in [-0.3, -0.25) is 0 Å². The van der Waals surface area contributed by atoms with Crippen molar-refractivity contribution in [3.05, 3.63) is 0 Å². The molecule has 0 bridgehead atoms. The van der Waals surface area contributed by atoms with Gasteiger partial charge in [-0.2, -0.15) is 0 Å². The highest BCUT2D eigenvalue weighted by Gasteiger charge is 2.03. The Bertz CT molecular complexity index is 42.2. The first-order valence-electron chi connectivity index (χ1n) is 2.35. The van der Waals surface area contributed by atoms with Crippen molar-refractivity contribution in [2.24, 2.45) is 5.73 Å². The molecule has 0 heterocycles. The standard InChI is InChI=1S/C5H13N.BrH.H2O/c1-4-5(2,3)6;;/h4,6H2,1-3H3;1H;1H2. The van der Waals surface area contributed by atoms with Crippen molar-refractivity contribution in [2.45, 2.75) is 32.7 Å². The van der Waals surface area contributed by atoms with Crippen LogP contribution in [0.4, 0.5) is 0 Å². The Kier molecular flexibility index (Phi) is 10.9. The molecule has 0 radical (unpaired) electrons. The van der Waals surface area contributed by atoms with Crippen LogP contribution in [-0.4, -0.2) is 11.0 Å². The summed E-state index contributed by atoms with van der Waals surface area (Å²) in [7, 11) is 0. The number of hydrogen-bond donors (Lipinski definition) is 1. The van der Waals surface area contributed by atoms with Crippen LogP contribution in [0.2, 0.25) is 0 Å². The van der Waals surface area contributed by atoms with Crippen molar-refractivity contribution in [1.82, 2.24) is 0 Å². The molecule has 54 valence electrons. The van der Waals surface area contributed by atoms with Gasteiger partial charge in [0.05, 0.1) is 0 Å². The molecule has 0 aromatic heterocycles. The van der Waals surface area contributed by atoms with Gasteiger partial charge in [-0.05, 0) is 20.3 Å². The van der Waals surface area contributed by atoms with E-state index in [1.807, 2.05) is 13.8 Å². The molecule has 0 aromatic carbocycles. The molecule has 2 nitrogen and oxygen atoms in total. The van der Waals surface area contributed by atoms with E-state index in [4.69, 9.17) is 5.73 Å². The molecule has 0 atom stereocenters. The summed E-state index contributed by atoms with van der Waals surface area (Å²) in [4.78, 5) is 0. The van der Waals surface area contributed by atoms with E-state index in [-0.39, 0.29) is 28.0 Å². The fourth-order valence-electron chi connectivity index (χ4n) is 0. The second-order valence-corrected chi connectivity index (χ2v) is 2.34. The lowest BCUT2D eigenvalue weighted by Crippen LogP contribution is -2.30. The van der Waals surface area contributed by atoms with Crippen molar-refractivity contribution in [2.75, 3.05) is 0 Å². The van der Waals surface area contributed by atoms with Crippen LogP contribution in [-0.2, 0) is 0 Å². The largest absolute Gasteiger partial charge is 0.412 e. The van der Waals surface area contributed by atoms with E-state index in [1.54, 1.807) is 0 Å². The van der Waals surface area contributed by atoms with E-state index in [9.17, 15) is 0 Å². The third kappa shape index (κ3) is 16.1. The van der Waals surface area contributed by atoms with Gasteiger partial charge in [-0.25, -0.2) is 0 Å². The third-order valence-corrected chi connectivity index (χ3v) is 0.911. The lowest BCUT2D eigenvalue weighted by molar-refractivity contribution is 0.501. The van der Waals surface area contributed by atoms with Crippen LogP contribution in [0.15, 0.2) is 0 Å². The minimum atomic E-state index is 0. The summed E-state index contributed by atoms with van der Waals surface area (Å²) in [6.45, 7) is 6.12. The molecule has 4 N–H and O–H groups in total. The molecule has 0 saturated heterocycles. The van der Waals surface area contributed by atoms with Gasteiger partial charge in [0.2, 0.25) is 0 Å². The van der Waals surface area contributed by atoms with Crippen LogP contribution in [0.5, 0.6) is 0 Å². The lowest BCUT2D eigenvalue weighted by Gasteiger charge is -2.13. The van der Waals surface area contributed by atoms with Gasteiger partial charge in [0.1, 0.15) is 0 Å². The van der Waals surface area contributed by atoms with Crippen LogP contribution >= 0.6 is 17.0 Å². The second-order valence-electron chi connectivity index (χ2n) is 2.34. The highest BCUT2D eigenvalue weighted by molar-refractivity contribution is 8.93. The topological polar surface area (TPSA) is 57.5 Å². The second kappa shape index (κ2) is 5.54. The molecule has 0 aliphatic carbocycles. The number of nitrogens with two attached hydrogens (primary N) is 1. The average molecular weight is 186 g/mol. The lowest BCUT2D eigenvalue weighted by atomic mass is 10.1. The van der Waals surface area contributed by atoms with Crippen LogP contribution in [0.3, 0.4) is 0 Å². The van der Waals surface area contributed by atoms with Crippen LogP contribution in [0, 0.1) is 0 Å². The molecule has 8 heavy (non-hydrogen) atoms. The van der Waals surface area contributed by atoms with Gasteiger partial charge in [0.15, 0.2) is 0 Å². The number of hydrogen-bond acceptors (Lipinski definition) is 1. The van der Waals surface area contributed by atoms with Crippen molar-refractivity contribution >= 4 is 17.0 Å². The third-order valence-electron chi connectivity index (χ3n) is 0.911. The smallest absolute Gasteiger partial charge is 0.00944 e. The molecule has 0 saturated carbocycles. The first kappa shape index (κ1) is 15.8. The van der Waals surface area contributed by atoms with Crippen LogP contribution in [0.25, 0.3) is 0 Å². The van der Waals surface area contributed by atoms with Gasteiger partial charge in [0.25, 0.3) is 0 Å². The summed E-state index contributed by atoms with van der Waals surface area (Å²) in [5, 5.41) is 0. The summed E-state index contributed by atoms with van der Waals surface area (Å²) >= 11 is 0. The maximum Gasteiger partial charge on any atom is 0.00944 e. The molecule has 0 amide bonds. The van der Waals surface area contributed by atoms with E-state index in [0.717, 1.165) is 6.42 Å². The Morgan fingerprint density at radius 1 is 1.38 bits per heavy atom.